The molecule has 1 heterocycles. The molecular weight excluding hydrogens is 473 g/mol. The van der Waals surface area contributed by atoms with Crippen LogP contribution in [0.4, 0.5) is 5.69 Å². The summed E-state index contributed by atoms with van der Waals surface area (Å²) in [6, 6.07) is 20.0. The van der Waals surface area contributed by atoms with Gasteiger partial charge in [0.1, 0.15) is 5.52 Å². The van der Waals surface area contributed by atoms with E-state index in [1.807, 2.05) is 36.4 Å². The first-order valence-electron chi connectivity index (χ1n) is 9.12. The molecule has 0 aliphatic heterocycles. The molecule has 4 rings (SSSR count). The van der Waals surface area contributed by atoms with Crippen molar-refractivity contribution in [3.8, 4) is 11.5 Å². The first kappa shape index (κ1) is 21.6. The van der Waals surface area contributed by atoms with Gasteiger partial charge >= 0.3 is 0 Å². The SMILES string of the molecule is O=C(CSc1ccc(Cl)cc1)NC(=S)Nc1ccc(Cl)c(-c2nc3ccccc3o2)c1. The highest BCUT2D eigenvalue weighted by atomic mass is 35.5. The quantitative estimate of drug-likeness (QED) is 0.250. The van der Waals surface area contributed by atoms with Crippen molar-refractivity contribution in [3.63, 3.8) is 0 Å². The van der Waals surface area contributed by atoms with Crippen molar-refractivity contribution in [1.29, 1.82) is 0 Å². The van der Waals surface area contributed by atoms with Gasteiger partial charge in [-0.25, -0.2) is 4.98 Å². The van der Waals surface area contributed by atoms with Gasteiger partial charge in [0.25, 0.3) is 0 Å². The van der Waals surface area contributed by atoms with E-state index >= 15 is 0 Å². The van der Waals surface area contributed by atoms with E-state index in [1.165, 1.54) is 11.8 Å². The summed E-state index contributed by atoms with van der Waals surface area (Å²) in [6.07, 6.45) is 0. The van der Waals surface area contributed by atoms with Crippen LogP contribution in [-0.2, 0) is 4.79 Å². The Kier molecular flexibility index (Phi) is 6.77. The summed E-state index contributed by atoms with van der Waals surface area (Å²) in [6.45, 7) is 0. The molecule has 0 fully saturated rings. The average Bonchev–Trinajstić information content (AvgIpc) is 3.18. The van der Waals surface area contributed by atoms with Crippen molar-refractivity contribution >= 4 is 75.0 Å². The van der Waals surface area contributed by atoms with Gasteiger partial charge in [-0.2, -0.15) is 0 Å². The lowest BCUT2D eigenvalue weighted by atomic mass is 10.2. The maximum absolute atomic E-state index is 12.2. The van der Waals surface area contributed by atoms with Crippen molar-refractivity contribution in [1.82, 2.24) is 10.3 Å². The minimum atomic E-state index is -0.217. The summed E-state index contributed by atoms with van der Waals surface area (Å²) in [5.41, 5.74) is 2.69. The third-order valence-electron chi connectivity index (χ3n) is 4.19. The number of para-hydroxylation sites is 2. The molecule has 2 N–H and O–H groups in total. The molecule has 4 aromatic rings. The number of oxazole rings is 1. The molecule has 1 amide bonds. The second kappa shape index (κ2) is 9.70. The molecule has 0 saturated carbocycles. The van der Waals surface area contributed by atoms with Gasteiger partial charge in [-0.15, -0.1) is 11.8 Å². The third-order valence-corrected chi connectivity index (χ3v) is 5.98. The Morgan fingerprint density at radius 2 is 1.84 bits per heavy atom. The Balaban J connectivity index is 1.39. The van der Waals surface area contributed by atoms with Crippen LogP contribution in [-0.4, -0.2) is 21.8 Å². The standard InChI is InChI=1S/C22H15Cl2N3O2S2/c23-13-5-8-15(9-6-13)31-12-20(28)27-22(30)25-14-7-10-17(24)16(11-14)21-26-18-3-1-2-4-19(18)29-21/h1-11H,12H2,(H2,25,27,28,30). The van der Waals surface area contributed by atoms with Crippen LogP contribution in [0.2, 0.25) is 10.0 Å². The number of halogens is 2. The fraction of sp³-hybridized carbons (Fsp3) is 0.0455. The van der Waals surface area contributed by atoms with Crippen LogP contribution in [0.15, 0.2) is 76.0 Å². The molecule has 5 nitrogen and oxygen atoms in total. The number of aromatic nitrogens is 1. The number of nitrogens with zero attached hydrogens (tertiary/aromatic N) is 1. The largest absolute Gasteiger partial charge is 0.436 e. The van der Waals surface area contributed by atoms with Gasteiger partial charge in [0.05, 0.1) is 16.3 Å². The van der Waals surface area contributed by atoms with E-state index in [9.17, 15) is 4.79 Å². The average molecular weight is 488 g/mol. The minimum Gasteiger partial charge on any atom is -0.436 e. The topological polar surface area (TPSA) is 67.2 Å². The van der Waals surface area contributed by atoms with Gasteiger partial charge in [-0.3, -0.25) is 4.79 Å². The molecule has 3 aromatic carbocycles. The van der Waals surface area contributed by atoms with E-state index in [1.54, 1.807) is 30.3 Å². The van der Waals surface area contributed by atoms with Crippen molar-refractivity contribution in [2.75, 3.05) is 11.1 Å². The van der Waals surface area contributed by atoms with E-state index in [2.05, 4.69) is 15.6 Å². The Morgan fingerprint density at radius 1 is 1.06 bits per heavy atom. The highest BCUT2D eigenvalue weighted by molar-refractivity contribution is 8.00. The molecule has 1 aromatic heterocycles. The predicted molar refractivity (Wildman–Crippen MR) is 131 cm³/mol. The molecule has 0 radical (unpaired) electrons. The van der Waals surface area contributed by atoms with Gasteiger partial charge in [0.2, 0.25) is 11.8 Å². The smallest absolute Gasteiger partial charge is 0.236 e. The number of fused-ring (bicyclic) bond motifs is 1. The number of carbonyl (C=O) groups is 1. The van der Waals surface area contributed by atoms with Crippen molar-refractivity contribution < 1.29 is 9.21 Å². The Bertz CT molecular complexity index is 1230. The molecule has 9 heteroatoms. The number of rotatable bonds is 5. The van der Waals surface area contributed by atoms with E-state index in [-0.39, 0.29) is 16.8 Å². The summed E-state index contributed by atoms with van der Waals surface area (Å²) in [7, 11) is 0. The van der Waals surface area contributed by atoms with E-state index in [4.69, 9.17) is 39.8 Å². The third kappa shape index (κ3) is 5.57. The molecule has 0 aliphatic carbocycles. The Morgan fingerprint density at radius 3 is 2.61 bits per heavy atom. The number of anilines is 1. The van der Waals surface area contributed by atoms with Crippen LogP contribution in [0.5, 0.6) is 0 Å². The lowest BCUT2D eigenvalue weighted by Crippen LogP contribution is -2.35. The molecular formula is C22H15Cl2N3O2S2. The zero-order valence-electron chi connectivity index (χ0n) is 15.9. The van der Waals surface area contributed by atoms with Crippen LogP contribution in [0, 0.1) is 0 Å². The van der Waals surface area contributed by atoms with Crippen LogP contribution in [0.1, 0.15) is 0 Å². The van der Waals surface area contributed by atoms with Crippen LogP contribution in [0.25, 0.3) is 22.6 Å². The summed E-state index contributed by atoms with van der Waals surface area (Å²) in [5.74, 6) is 0.410. The van der Waals surface area contributed by atoms with E-state index in [0.29, 0.717) is 32.8 Å². The van der Waals surface area contributed by atoms with Crippen LogP contribution in [0.3, 0.4) is 0 Å². The number of hydrogen-bond acceptors (Lipinski definition) is 5. The zero-order valence-corrected chi connectivity index (χ0v) is 19.0. The first-order valence-corrected chi connectivity index (χ1v) is 11.3. The summed E-state index contributed by atoms with van der Waals surface area (Å²) >= 11 is 18.9. The lowest BCUT2D eigenvalue weighted by molar-refractivity contribution is -0.117. The number of thiocarbonyl (C=S) groups is 1. The van der Waals surface area contributed by atoms with Crippen LogP contribution < -0.4 is 10.6 Å². The number of hydrogen-bond donors (Lipinski definition) is 2. The number of nitrogens with one attached hydrogen (secondary N) is 2. The molecule has 0 saturated heterocycles. The maximum atomic E-state index is 12.2. The predicted octanol–water partition coefficient (Wildman–Crippen LogP) is 6.41. The number of amides is 1. The second-order valence-electron chi connectivity index (χ2n) is 6.43. The fourth-order valence-electron chi connectivity index (χ4n) is 2.76. The zero-order chi connectivity index (χ0) is 21.8. The molecule has 0 atom stereocenters. The van der Waals surface area contributed by atoms with Crippen molar-refractivity contribution in [2.24, 2.45) is 0 Å². The monoisotopic (exact) mass is 487 g/mol. The second-order valence-corrected chi connectivity index (χ2v) is 8.73. The number of carbonyl (C=O) groups excluding carboxylic acids is 1. The summed E-state index contributed by atoms with van der Waals surface area (Å²) in [5, 5.41) is 6.99. The Labute approximate surface area is 198 Å². The highest BCUT2D eigenvalue weighted by Crippen LogP contribution is 2.32. The van der Waals surface area contributed by atoms with E-state index < -0.39 is 0 Å². The fourth-order valence-corrected chi connectivity index (χ4v) is 4.01. The summed E-state index contributed by atoms with van der Waals surface area (Å²) < 4.78 is 5.80. The number of benzene rings is 3. The maximum Gasteiger partial charge on any atom is 0.236 e. The van der Waals surface area contributed by atoms with Gasteiger partial charge in [-0.1, -0.05) is 35.3 Å². The van der Waals surface area contributed by atoms with Crippen LogP contribution >= 0.6 is 47.2 Å². The Hall–Kier alpha value is -2.58. The summed E-state index contributed by atoms with van der Waals surface area (Å²) in [4.78, 5) is 17.6. The van der Waals surface area contributed by atoms with Gasteiger partial charge in [0.15, 0.2) is 10.7 Å². The minimum absolute atomic E-state index is 0.188. The molecule has 0 unspecified atom stereocenters. The highest BCUT2D eigenvalue weighted by Gasteiger charge is 2.13. The first-order chi connectivity index (χ1) is 15.0. The molecule has 156 valence electrons. The molecule has 0 aliphatic rings. The molecule has 0 spiro atoms. The van der Waals surface area contributed by atoms with Crippen molar-refractivity contribution in [3.05, 3.63) is 76.8 Å². The van der Waals surface area contributed by atoms with Crippen molar-refractivity contribution in [2.45, 2.75) is 4.90 Å². The van der Waals surface area contributed by atoms with E-state index in [0.717, 1.165) is 10.4 Å². The number of thioether (sulfide) groups is 1. The van der Waals surface area contributed by atoms with Gasteiger partial charge in [0, 0.05) is 15.6 Å². The van der Waals surface area contributed by atoms with Gasteiger partial charge in [-0.05, 0) is 66.8 Å². The molecule has 31 heavy (non-hydrogen) atoms. The molecule has 0 bridgehead atoms. The normalized spacial score (nSPS) is 10.8. The van der Waals surface area contributed by atoms with Gasteiger partial charge < -0.3 is 15.1 Å². The lowest BCUT2D eigenvalue weighted by Gasteiger charge is -2.11.